The molecular formula is C79H153NO8. The summed E-state index contributed by atoms with van der Waals surface area (Å²) in [6.07, 6.45) is 84.8. The Labute approximate surface area is 548 Å². The molecule has 522 valence electrons. The zero-order valence-corrected chi connectivity index (χ0v) is 59.9. The molecule has 9 heteroatoms. The minimum absolute atomic E-state index is 0.153. The molecule has 0 aliphatic carbocycles. The van der Waals surface area contributed by atoms with E-state index in [9.17, 15) is 19.5 Å². The number of nitrogens with zero attached hydrogens (tertiary/aromatic N) is 1. The Morgan fingerprint density at radius 2 is 0.580 bits per heavy atom. The van der Waals surface area contributed by atoms with Crippen molar-refractivity contribution in [2.75, 3.05) is 47.5 Å². The van der Waals surface area contributed by atoms with Gasteiger partial charge in [0.1, 0.15) is 13.2 Å². The molecule has 0 saturated carbocycles. The van der Waals surface area contributed by atoms with Crippen LogP contribution in [0.3, 0.4) is 0 Å². The van der Waals surface area contributed by atoms with Gasteiger partial charge in [0, 0.05) is 12.8 Å². The number of likely N-dealkylation sites (N-methyl/N-ethyl adjacent to an activating group) is 1. The molecule has 0 fully saturated rings. The third-order valence-electron chi connectivity index (χ3n) is 18.3. The number of unbranched alkanes of at least 4 members (excludes halogenated alkanes) is 58. The molecule has 0 heterocycles. The predicted octanol–water partition coefficient (Wildman–Crippen LogP) is 23.4. The quantitative estimate of drug-likeness (QED) is 0.0195. The molecule has 0 bridgehead atoms. The first-order chi connectivity index (χ1) is 43.1. The first-order valence-electron chi connectivity index (χ1n) is 39.3. The topological polar surface area (TPSA) is 111 Å². The molecular weight excluding hydrogens is 1090 g/mol. The van der Waals surface area contributed by atoms with Crippen LogP contribution in [0.2, 0.25) is 0 Å². The number of quaternary nitrogens is 1. The third-order valence-corrected chi connectivity index (χ3v) is 18.3. The molecule has 2 atom stereocenters. The van der Waals surface area contributed by atoms with Gasteiger partial charge in [-0.2, -0.15) is 0 Å². The van der Waals surface area contributed by atoms with Crippen LogP contribution in [0.25, 0.3) is 0 Å². The Kier molecular flexibility index (Phi) is 69.3. The summed E-state index contributed by atoms with van der Waals surface area (Å²) in [7, 11) is 5.95. The summed E-state index contributed by atoms with van der Waals surface area (Å²) in [5, 5.41) is 11.8. The van der Waals surface area contributed by atoms with Crippen LogP contribution in [0.15, 0.2) is 12.2 Å². The van der Waals surface area contributed by atoms with Crippen LogP contribution in [0.4, 0.5) is 0 Å². The molecule has 0 aliphatic rings. The zero-order valence-electron chi connectivity index (χ0n) is 59.9. The fourth-order valence-corrected chi connectivity index (χ4v) is 12.2. The second-order valence-electron chi connectivity index (χ2n) is 28.4. The highest BCUT2D eigenvalue weighted by Crippen LogP contribution is 2.20. The number of carboxylic acid groups (broad SMARTS) is 1. The van der Waals surface area contributed by atoms with Crippen molar-refractivity contribution in [1.29, 1.82) is 0 Å². The van der Waals surface area contributed by atoms with E-state index < -0.39 is 24.3 Å². The first-order valence-corrected chi connectivity index (χ1v) is 39.3. The van der Waals surface area contributed by atoms with Crippen molar-refractivity contribution in [3.63, 3.8) is 0 Å². The maximum atomic E-state index is 13.0. The number of esters is 2. The maximum Gasteiger partial charge on any atom is 0.306 e. The van der Waals surface area contributed by atoms with Crippen LogP contribution in [0.1, 0.15) is 418 Å². The Hall–Kier alpha value is -1.97. The van der Waals surface area contributed by atoms with E-state index >= 15 is 0 Å². The molecule has 9 nitrogen and oxygen atoms in total. The summed E-state index contributed by atoms with van der Waals surface area (Å²) >= 11 is 0. The number of allylic oxidation sites excluding steroid dienone is 2. The predicted molar refractivity (Wildman–Crippen MR) is 376 cm³/mol. The molecule has 0 aliphatic heterocycles. The van der Waals surface area contributed by atoms with Crippen LogP contribution in [-0.4, -0.2) is 82.3 Å². The standard InChI is InChI=1S/C79H153NO8/c1-6-8-10-12-14-16-18-20-22-24-26-28-30-32-34-36-37-38-39-40-42-43-45-47-49-51-53-55-57-59-61-63-65-67-69-76(81)86-73-75(74-87-79(78(83)84)85-72-71-80(3,4)5)88-77(82)70-68-66-64-62-60-58-56-54-52-50-48-46-44-41-35-33-31-29-27-25-23-21-19-17-15-13-11-9-7-2/h25,27,75,79H,6-24,26,28-74H2,1-5H3/b27-25-. The summed E-state index contributed by atoms with van der Waals surface area (Å²) in [6.45, 7) is 4.84. The smallest absolute Gasteiger partial charge is 0.306 e. The van der Waals surface area contributed by atoms with Crippen LogP contribution in [0, 0.1) is 0 Å². The molecule has 0 aromatic carbocycles. The minimum Gasteiger partial charge on any atom is -0.545 e. The van der Waals surface area contributed by atoms with Gasteiger partial charge in [-0.25, -0.2) is 0 Å². The fraction of sp³-hybridized carbons (Fsp3) is 0.937. The van der Waals surface area contributed by atoms with Crippen molar-refractivity contribution >= 4 is 17.9 Å². The average Bonchev–Trinajstić information content (AvgIpc) is 3.54. The van der Waals surface area contributed by atoms with Gasteiger partial charge in [-0.3, -0.25) is 9.59 Å². The highest BCUT2D eigenvalue weighted by atomic mass is 16.7. The molecule has 0 spiro atoms. The van der Waals surface area contributed by atoms with E-state index in [1.807, 2.05) is 21.1 Å². The van der Waals surface area contributed by atoms with E-state index in [0.717, 1.165) is 38.5 Å². The second-order valence-corrected chi connectivity index (χ2v) is 28.4. The average molecular weight is 1250 g/mol. The maximum absolute atomic E-state index is 13.0. The van der Waals surface area contributed by atoms with Crippen molar-refractivity contribution in [3.8, 4) is 0 Å². The van der Waals surface area contributed by atoms with E-state index in [1.54, 1.807) is 0 Å². The van der Waals surface area contributed by atoms with Gasteiger partial charge in [0.25, 0.3) is 0 Å². The van der Waals surface area contributed by atoms with Crippen molar-refractivity contribution < 1.29 is 42.9 Å². The molecule has 0 rings (SSSR count). The lowest BCUT2D eigenvalue weighted by molar-refractivity contribution is -0.870. The number of hydrogen-bond acceptors (Lipinski definition) is 8. The van der Waals surface area contributed by atoms with Gasteiger partial charge in [0.2, 0.25) is 0 Å². The number of carbonyl (C=O) groups excluding carboxylic acids is 3. The lowest BCUT2D eigenvalue weighted by Gasteiger charge is -2.26. The van der Waals surface area contributed by atoms with Crippen molar-refractivity contribution in [2.24, 2.45) is 0 Å². The lowest BCUT2D eigenvalue weighted by Crippen LogP contribution is -2.44. The van der Waals surface area contributed by atoms with Crippen LogP contribution >= 0.6 is 0 Å². The zero-order chi connectivity index (χ0) is 64.0. The lowest BCUT2D eigenvalue weighted by atomic mass is 10.0. The van der Waals surface area contributed by atoms with E-state index in [4.69, 9.17) is 18.9 Å². The Morgan fingerprint density at radius 3 is 0.841 bits per heavy atom. The molecule has 0 aromatic rings. The molecule has 0 amide bonds. The van der Waals surface area contributed by atoms with Gasteiger partial charge >= 0.3 is 11.9 Å². The Bertz CT molecular complexity index is 1450. The molecule has 0 aromatic heterocycles. The van der Waals surface area contributed by atoms with Crippen LogP contribution in [-0.2, 0) is 33.3 Å². The molecule has 0 radical (unpaired) electrons. The largest absolute Gasteiger partial charge is 0.545 e. The van der Waals surface area contributed by atoms with Crippen molar-refractivity contribution in [3.05, 3.63) is 12.2 Å². The summed E-state index contributed by atoms with van der Waals surface area (Å²) in [4.78, 5) is 37.6. The normalized spacial score (nSPS) is 12.6. The number of rotatable bonds is 75. The van der Waals surface area contributed by atoms with Gasteiger partial charge in [-0.05, 0) is 38.5 Å². The number of carbonyl (C=O) groups is 3. The highest BCUT2D eigenvalue weighted by molar-refractivity contribution is 5.70. The Balaban J connectivity index is 3.97. The highest BCUT2D eigenvalue weighted by Gasteiger charge is 2.22. The van der Waals surface area contributed by atoms with Gasteiger partial charge in [-0.1, -0.05) is 379 Å². The number of carboxylic acids is 1. The van der Waals surface area contributed by atoms with Crippen molar-refractivity contribution in [1.82, 2.24) is 0 Å². The number of hydrogen-bond donors (Lipinski definition) is 0. The number of ether oxygens (including phenoxy) is 4. The SMILES string of the molecule is CCCCCCCCCC/C=C\CCCCCCCCCCCCCCCCCCCC(=O)OC(COC(=O)CCCCCCCCCCCCCCCCCCCCCCCCCCCCCCCCCCCC)COC(OCC[N+](C)(C)C)C(=O)[O-]. The third kappa shape index (κ3) is 71.5. The van der Waals surface area contributed by atoms with Gasteiger partial charge < -0.3 is 33.3 Å². The van der Waals surface area contributed by atoms with Crippen LogP contribution in [0.5, 0.6) is 0 Å². The van der Waals surface area contributed by atoms with E-state index in [1.165, 1.54) is 353 Å². The van der Waals surface area contributed by atoms with E-state index in [0.29, 0.717) is 17.4 Å². The van der Waals surface area contributed by atoms with E-state index in [2.05, 4.69) is 26.0 Å². The van der Waals surface area contributed by atoms with Crippen molar-refractivity contribution in [2.45, 2.75) is 431 Å². The van der Waals surface area contributed by atoms with Gasteiger partial charge in [0.15, 0.2) is 12.4 Å². The molecule has 0 saturated heterocycles. The second kappa shape index (κ2) is 70.9. The summed E-state index contributed by atoms with van der Waals surface area (Å²) in [5.74, 6) is -2.24. The first kappa shape index (κ1) is 86.0. The molecule has 88 heavy (non-hydrogen) atoms. The van der Waals surface area contributed by atoms with Crippen LogP contribution < -0.4 is 5.11 Å². The van der Waals surface area contributed by atoms with Gasteiger partial charge in [-0.15, -0.1) is 0 Å². The summed E-state index contributed by atoms with van der Waals surface area (Å²) in [5.41, 5.74) is 0. The fourth-order valence-electron chi connectivity index (χ4n) is 12.2. The monoisotopic (exact) mass is 1240 g/mol. The summed E-state index contributed by atoms with van der Waals surface area (Å²) < 4.78 is 22.9. The number of aliphatic carboxylic acids is 1. The molecule has 0 N–H and O–H groups in total. The van der Waals surface area contributed by atoms with Gasteiger partial charge in [0.05, 0.1) is 40.3 Å². The summed E-state index contributed by atoms with van der Waals surface area (Å²) in [6, 6.07) is 0. The Morgan fingerprint density at radius 1 is 0.330 bits per heavy atom. The van der Waals surface area contributed by atoms with E-state index in [-0.39, 0.29) is 32.2 Å². The minimum atomic E-state index is -1.62. The molecule has 2 unspecified atom stereocenters.